The number of carbonyl (C=O) groups excluding carboxylic acids is 1. The first-order chi connectivity index (χ1) is 14.0. The lowest BCUT2D eigenvalue weighted by Crippen LogP contribution is -2.60. The third-order valence-electron chi connectivity index (χ3n) is 7.41. The van der Waals surface area contributed by atoms with E-state index < -0.39 is 17.5 Å². The number of amides is 1. The van der Waals surface area contributed by atoms with Crippen molar-refractivity contribution >= 4 is 5.91 Å². The second-order valence-corrected chi connectivity index (χ2v) is 9.13. The van der Waals surface area contributed by atoms with Crippen LogP contribution in [0.5, 0.6) is 0 Å². The highest BCUT2D eigenvalue weighted by Crippen LogP contribution is 2.45. The molecule has 6 heteroatoms. The number of hydrogen-bond acceptors (Lipinski definition) is 2. The van der Waals surface area contributed by atoms with Gasteiger partial charge in [0.25, 0.3) is 0 Å². The van der Waals surface area contributed by atoms with Crippen molar-refractivity contribution in [2.24, 2.45) is 11.8 Å². The van der Waals surface area contributed by atoms with E-state index in [0.717, 1.165) is 38.4 Å². The smallest absolute Gasteiger partial charge is 0.227 e. The van der Waals surface area contributed by atoms with Crippen LogP contribution in [0.1, 0.15) is 44.1 Å². The van der Waals surface area contributed by atoms with Crippen LogP contribution >= 0.6 is 0 Å². The maximum absolute atomic E-state index is 14.1. The molecule has 3 heterocycles. The molecule has 0 N–H and O–H groups in total. The van der Waals surface area contributed by atoms with E-state index >= 15 is 0 Å². The Morgan fingerprint density at radius 1 is 1.03 bits per heavy atom. The Morgan fingerprint density at radius 2 is 1.86 bits per heavy atom. The molecule has 3 nitrogen and oxygen atoms in total. The standard InChI is InChI=1S/C23H27F3N2O/c24-18-12-20(26)19(25)10-15(18)11-22(29)28-7-3-4-14-8-16-9-17(23(14)28)13-27-6-2-1-5-21(16)27/h8,10,12,16-17,21,23H,1-7,9,11,13H2/t16-,17-,21+,23+/m0/s1. The molecule has 1 aliphatic carbocycles. The molecule has 1 aromatic carbocycles. The molecule has 4 aliphatic rings. The summed E-state index contributed by atoms with van der Waals surface area (Å²) in [5.41, 5.74) is 1.29. The Balaban J connectivity index is 1.39. The van der Waals surface area contributed by atoms with Crippen molar-refractivity contribution in [3.63, 3.8) is 0 Å². The van der Waals surface area contributed by atoms with Crippen molar-refractivity contribution < 1.29 is 18.0 Å². The zero-order valence-electron chi connectivity index (χ0n) is 16.5. The molecule has 0 saturated carbocycles. The van der Waals surface area contributed by atoms with Crippen molar-refractivity contribution in [3.8, 4) is 0 Å². The number of benzene rings is 1. The second kappa shape index (κ2) is 7.46. The molecular weight excluding hydrogens is 377 g/mol. The summed E-state index contributed by atoms with van der Waals surface area (Å²) in [5.74, 6) is -2.39. The highest BCUT2D eigenvalue weighted by Gasteiger charge is 2.46. The normalized spacial score (nSPS) is 31.7. The largest absolute Gasteiger partial charge is 0.335 e. The van der Waals surface area contributed by atoms with E-state index in [1.807, 2.05) is 4.90 Å². The molecule has 3 aliphatic heterocycles. The van der Waals surface area contributed by atoms with Gasteiger partial charge in [-0.3, -0.25) is 9.69 Å². The fourth-order valence-corrected chi connectivity index (χ4v) is 6.22. The number of halogens is 3. The molecule has 0 spiro atoms. The molecule has 29 heavy (non-hydrogen) atoms. The van der Waals surface area contributed by atoms with Crippen molar-refractivity contribution in [2.75, 3.05) is 19.6 Å². The van der Waals surface area contributed by atoms with Gasteiger partial charge in [0.2, 0.25) is 5.91 Å². The zero-order chi connectivity index (χ0) is 20.1. The number of likely N-dealkylation sites (tertiary alicyclic amines) is 1. The maximum atomic E-state index is 14.1. The van der Waals surface area contributed by atoms with Crippen LogP contribution < -0.4 is 0 Å². The SMILES string of the molecule is O=C(Cc1cc(F)c(F)cc1F)N1CCCC2=C[C@H]3C[C@@H](CN4CCCC[C@H]34)[C@@H]21. The average Bonchev–Trinajstić information content (AvgIpc) is 2.71. The van der Waals surface area contributed by atoms with Crippen LogP contribution in [-0.4, -0.2) is 47.4 Å². The Bertz CT molecular complexity index is 855. The number of carbonyl (C=O) groups is 1. The lowest BCUT2D eigenvalue weighted by molar-refractivity contribution is -0.135. The van der Waals surface area contributed by atoms with Gasteiger partial charge >= 0.3 is 0 Å². The van der Waals surface area contributed by atoms with Gasteiger partial charge in [-0.2, -0.15) is 0 Å². The van der Waals surface area contributed by atoms with Gasteiger partial charge in [0.05, 0.1) is 12.5 Å². The fraction of sp³-hybridized carbons (Fsp3) is 0.609. The number of hydrogen-bond donors (Lipinski definition) is 0. The van der Waals surface area contributed by atoms with Crippen LogP contribution in [0, 0.1) is 29.3 Å². The highest BCUT2D eigenvalue weighted by molar-refractivity contribution is 5.80. The van der Waals surface area contributed by atoms with E-state index in [9.17, 15) is 18.0 Å². The van der Waals surface area contributed by atoms with Gasteiger partial charge in [-0.1, -0.05) is 18.1 Å². The van der Waals surface area contributed by atoms with Gasteiger partial charge in [0.15, 0.2) is 11.6 Å². The Hall–Kier alpha value is -1.82. The second-order valence-electron chi connectivity index (χ2n) is 9.13. The van der Waals surface area contributed by atoms with Gasteiger partial charge in [0, 0.05) is 30.8 Å². The minimum atomic E-state index is -1.22. The first-order valence-electron chi connectivity index (χ1n) is 10.9. The van der Waals surface area contributed by atoms with E-state index in [4.69, 9.17) is 0 Å². The van der Waals surface area contributed by atoms with Crippen LogP contribution in [0.3, 0.4) is 0 Å². The van der Waals surface area contributed by atoms with Crippen LogP contribution in [0.15, 0.2) is 23.8 Å². The Morgan fingerprint density at radius 3 is 2.72 bits per heavy atom. The summed E-state index contributed by atoms with van der Waals surface area (Å²) in [6.07, 6.45) is 9.06. The minimum Gasteiger partial charge on any atom is -0.335 e. The minimum absolute atomic E-state index is 0.0709. The molecule has 3 saturated heterocycles. The predicted octanol–water partition coefficient (Wildman–Crippen LogP) is 4.07. The summed E-state index contributed by atoms with van der Waals surface area (Å²) in [6, 6.07) is 2.07. The molecule has 5 rings (SSSR count). The number of piperidine rings is 3. The lowest BCUT2D eigenvalue weighted by Gasteiger charge is -2.54. The number of fused-ring (bicyclic) bond motifs is 6. The van der Waals surface area contributed by atoms with Gasteiger partial charge in [-0.05, 0) is 56.6 Å². The molecule has 0 aromatic heterocycles. The van der Waals surface area contributed by atoms with E-state index in [1.54, 1.807) is 0 Å². The molecule has 2 bridgehead atoms. The summed E-state index contributed by atoms with van der Waals surface area (Å²) in [7, 11) is 0. The summed E-state index contributed by atoms with van der Waals surface area (Å²) < 4.78 is 40.9. The molecule has 1 amide bonds. The zero-order valence-corrected chi connectivity index (χ0v) is 16.5. The summed E-state index contributed by atoms with van der Waals surface area (Å²) in [4.78, 5) is 17.6. The monoisotopic (exact) mass is 404 g/mol. The molecular formula is C23H27F3N2O. The maximum Gasteiger partial charge on any atom is 0.227 e. The quantitative estimate of drug-likeness (QED) is 0.548. The lowest BCUT2D eigenvalue weighted by atomic mass is 9.68. The van der Waals surface area contributed by atoms with Gasteiger partial charge in [-0.25, -0.2) is 13.2 Å². The molecule has 3 fully saturated rings. The summed E-state index contributed by atoms with van der Waals surface area (Å²) in [6.45, 7) is 2.81. The predicted molar refractivity (Wildman–Crippen MR) is 104 cm³/mol. The van der Waals surface area contributed by atoms with Crippen molar-refractivity contribution in [3.05, 3.63) is 46.8 Å². The van der Waals surface area contributed by atoms with Gasteiger partial charge < -0.3 is 4.90 Å². The van der Waals surface area contributed by atoms with Crippen molar-refractivity contribution in [2.45, 2.75) is 57.0 Å². The Labute approximate surface area is 169 Å². The van der Waals surface area contributed by atoms with Gasteiger partial charge in [0.1, 0.15) is 5.82 Å². The molecule has 1 aromatic rings. The van der Waals surface area contributed by atoms with Gasteiger partial charge in [-0.15, -0.1) is 0 Å². The third kappa shape index (κ3) is 3.39. The summed E-state index contributed by atoms with van der Waals surface area (Å²) >= 11 is 0. The fourth-order valence-electron chi connectivity index (χ4n) is 6.22. The number of rotatable bonds is 2. The molecule has 4 atom stereocenters. The van der Waals surface area contributed by atoms with Crippen molar-refractivity contribution in [1.29, 1.82) is 0 Å². The van der Waals surface area contributed by atoms with Crippen LogP contribution in [0.2, 0.25) is 0 Å². The van der Waals surface area contributed by atoms with Crippen LogP contribution in [0.25, 0.3) is 0 Å². The first kappa shape index (κ1) is 19.2. The summed E-state index contributed by atoms with van der Waals surface area (Å²) in [5, 5.41) is 0. The van der Waals surface area contributed by atoms with Crippen molar-refractivity contribution in [1.82, 2.24) is 9.80 Å². The molecule has 0 radical (unpaired) electrons. The number of nitrogens with zero attached hydrogens (tertiary/aromatic N) is 2. The molecule has 0 unspecified atom stereocenters. The van der Waals surface area contributed by atoms with Crippen LogP contribution in [0.4, 0.5) is 13.2 Å². The van der Waals surface area contributed by atoms with E-state index in [0.29, 0.717) is 30.5 Å². The first-order valence-corrected chi connectivity index (χ1v) is 10.9. The molecule has 156 valence electrons. The van der Waals surface area contributed by atoms with Crippen LogP contribution in [-0.2, 0) is 11.2 Å². The Kier molecular flexibility index (Phi) is 4.93. The average molecular weight is 404 g/mol. The highest BCUT2D eigenvalue weighted by atomic mass is 19.2. The van der Waals surface area contributed by atoms with E-state index in [-0.39, 0.29) is 23.9 Å². The topological polar surface area (TPSA) is 23.6 Å². The van der Waals surface area contributed by atoms with E-state index in [1.165, 1.54) is 24.8 Å². The van der Waals surface area contributed by atoms with E-state index in [2.05, 4.69) is 11.0 Å². The third-order valence-corrected chi connectivity index (χ3v) is 7.41.